The Morgan fingerprint density at radius 2 is 2.27 bits per heavy atom. The largest absolute Gasteiger partial charge is 0.394 e. The minimum atomic E-state index is 0.0353. The molecular weight excluding hydrogens is 194 g/mol. The lowest BCUT2D eigenvalue weighted by molar-refractivity contribution is -0.126. The highest BCUT2D eigenvalue weighted by Gasteiger charge is 2.29. The van der Waals surface area contributed by atoms with Gasteiger partial charge in [-0.15, -0.1) is 0 Å². The molecule has 1 amide bonds. The van der Waals surface area contributed by atoms with Crippen LogP contribution in [0, 0.1) is 11.8 Å². The monoisotopic (exact) mass is 215 g/mol. The predicted octanol–water partition coefficient (Wildman–Crippen LogP) is 0.548. The van der Waals surface area contributed by atoms with Crippen molar-refractivity contribution < 1.29 is 14.6 Å². The number of nitrogens with one attached hydrogen (secondary N) is 1. The first-order valence-electron chi connectivity index (χ1n) is 5.72. The van der Waals surface area contributed by atoms with E-state index in [4.69, 9.17) is 9.84 Å². The zero-order chi connectivity index (χ0) is 11.1. The van der Waals surface area contributed by atoms with E-state index in [9.17, 15) is 4.79 Å². The molecule has 2 unspecified atom stereocenters. The summed E-state index contributed by atoms with van der Waals surface area (Å²) in [4.78, 5) is 11.7. The number of ether oxygens (including phenoxy) is 1. The molecule has 0 aromatic heterocycles. The van der Waals surface area contributed by atoms with Gasteiger partial charge in [0.25, 0.3) is 0 Å². The second kappa shape index (κ2) is 6.80. The third kappa shape index (κ3) is 4.18. The Balaban J connectivity index is 2.08. The van der Waals surface area contributed by atoms with Gasteiger partial charge in [0, 0.05) is 12.5 Å². The molecule has 0 heterocycles. The fraction of sp³-hybridized carbons (Fsp3) is 0.909. The fourth-order valence-corrected chi connectivity index (χ4v) is 2.08. The van der Waals surface area contributed by atoms with E-state index in [0.29, 0.717) is 25.7 Å². The van der Waals surface area contributed by atoms with Crippen molar-refractivity contribution in [3.63, 3.8) is 0 Å². The molecule has 0 radical (unpaired) electrons. The average molecular weight is 215 g/mol. The minimum Gasteiger partial charge on any atom is -0.394 e. The molecule has 0 bridgehead atoms. The molecule has 0 saturated heterocycles. The Bertz CT molecular complexity index is 196. The minimum absolute atomic E-state index is 0.0353. The summed E-state index contributed by atoms with van der Waals surface area (Å²) in [6.07, 6.45) is 3.35. The lowest BCUT2D eigenvalue weighted by Gasteiger charge is -2.14. The standard InChI is InChI=1S/C11H21NO3/c1-9-3-2-4-10(9)11(14)12-5-7-15-8-6-13/h9-10,13H,2-8H2,1H3,(H,12,14). The van der Waals surface area contributed by atoms with Gasteiger partial charge in [0.2, 0.25) is 5.91 Å². The average Bonchev–Trinajstić information content (AvgIpc) is 2.64. The Labute approximate surface area is 91.0 Å². The Morgan fingerprint density at radius 3 is 2.87 bits per heavy atom. The highest BCUT2D eigenvalue weighted by Crippen LogP contribution is 2.30. The van der Waals surface area contributed by atoms with E-state index in [2.05, 4.69) is 12.2 Å². The molecular formula is C11H21NO3. The van der Waals surface area contributed by atoms with Crippen LogP contribution in [0.5, 0.6) is 0 Å². The normalized spacial score (nSPS) is 25.5. The number of hydrogen-bond acceptors (Lipinski definition) is 3. The summed E-state index contributed by atoms with van der Waals surface area (Å²) in [6.45, 7) is 3.54. The van der Waals surface area contributed by atoms with Crippen molar-refractivity contribution in [3.8, 4) is 0 Å². The van der Waals surface area contributed by atoms with Crippen LogP contribution in [-0.2, 0) is 9.53 Å². The van der Waals surface area contributed by atoms with E-state index < -0.39 is 0 Å². The molecule has 4 heteroatoms. The van der Waals surface area contributed by atoms with Gasteiger partial charge in [-0.05, 0) is 18.8 Å². The molecule has 2 atom stereocenters. The zero-order valence-corrected chi connectivity index (χ0v) is 9.37. The van der Waals surface area contributed by atoms with Gasteiger partial charge in [-0.1, -0.05) is 13.3 Å². The lowest BCUT2D eigenvalue weighted by Crippen LogP contribution is -2.34. The maximum Gasteiger partial charge on any atom is 0.223 e. The van der Waals surface area contributed by atoms with Crippen LogP contribution in [0.1, 0.15) is 26.2 Å². The SMILES string of the molecule is CC1CCCC1C(=O)NCCOCCO. The molecule has 1 fully saturated rings. The third-order valence-electron chi connectivity index (χ3n) is 2.98. The molecule has 1 saturated carbocycles. The first kappa shape index (κ1) is 12.5. The number of rotatable bonds is 6. The summed E-state index contributed by atoms with van der Waals surface area (Å²) in [5, 5.41) is 11.3. The second-order valence-corrected chi connectivity index (χ2v) is 4.14. The van der Waals surface area contributed by atoms with Crippen molar-refractivity contribution in [2.75, 3.05) is 26.4 Å². The first-order valence-corrected chi connectivity index (χ1v) is 5.72. The van der Waals surface area contributed by atoms with E-state index in [1.54, 1.807) is 0 Å². The highest BCUT2D eigenvalue weighted by molar-refractivity contribution is 5.79. The number of carbonyl (C=O) groups excluding carboxylic acids is 1. The summed E-state index contributed by atoms with van der Waals surface area (Å²) in [7, 11) is 0. The van der Waals surface area contributed by atoms with Crippen LogP contribution in [-0.4, -0.2) is 37.4 Å². The van der Waals surface area contributed by atoms with Crippen molar-refractivity contribution in [1.82, 2.24) is 5.32 Å². The van der Waals surface area contributed by atoms with Gasteiger partial charge in [-0.2, -0.15) is 0 Å². The summed E-state index contributed by atoms with van der Waals surface area (Å²) >= 11 is 0. The zero-order valence-electron chi connectivity index (χ0n) is 9.37. The molecule has 88 valence electrons. The molecule has 15 heavy (non-hydrogen) atoms. The smallest absolute Gasteiger partial charge is 0.223 e. The molecule has 4 nitrogen and oxygen atoms in total. The van der Waals surface area contributed by atoms with Crippen LogP contribution in [0.4, 0.5) is 0 Å². The lowest BCUT2D eigenvalue weighted by atomic mass is 9.97. The second-order valence-electron chi connectivity index (χ2n) is 4.14. The molecule has 0 aromatic rings. The molecule has 0 aromatic carbocycles. The van der Waals surface area contributed by atoms with E-state index in [1.807, 2.05) is 0 Å². The van der Waals surface area contributed by atoms with Crippen LogP contribution in [0.3, 0.4) is 0 Å². The van der Waals surface area contributed by atoms with Crippen LogP contribution in [0.2, 0.25) is 0 Å². The third-order valence-corrected chi connectivity index (χ3v) is 2.98. The Hall–Kier alpha value is -0.610. The van der Waals surface area contributed by atoms with Gasteiger partial charge >= 0.3 is 0 Å². The highest BCUT2D eigenvalue weighted by atomic mass is 16.5. The molecule has 0 spiro atoms. The van der Waals surface area contributed by atoms with Crippen LogP contribution in [0.15, 0.2) is 0 Å². The quantitative estimate of drug-likeness (QED) is 0.636. The maximum atomic E-state index is 11.7. The van der Waals surface area contributed by atoms with Crippen molar-refractivity contribution in [2.45, 2.75) is 26.2 Å². The van der Waals surface area contributed by atoms with E-state index in [1.165, 1.54) is 12.8 Å². The van der Waals surface area contributed by atoms with Crippen molar-refractivity contribution in [2.24, 2.45) is 11.8 Å². The molecule has 1 aliphatic rings. The van der Waals surface area contributed by atoms with E-state index in [-0.39, 0.29) is 18.4 Å². The van der Waals surface area contributed by atoms with Gasteiger partial charge in [0.1, 0.15) is 0 Å². The van der Waals surface area contributed by atoms with Crippen molar-refractivity contribution >= 4 is 5.91 Å². The van der Waals surface area contributed by atoms with Gasteiger partial charge in [-0.3, -0.25) is 4.79 Å². The van der Waals surface area contributed by atoms with Crippen LogP contribution < -0.4 is 5.32 Å². The number of aliphatic hydroxyl groups is 1. The summed E-state index contributed by atoms with van der Waals surface area (Å²) in [5.41, 5.74) is 0. The van der Waals surface area contributed by atoms with Gasteiger partial charge < -0.3 is 15.2 Å². The van der Waals surface area contributed by atoms with E-state index in [0.717, 1.165) is 6.42 Å². The molecule has 2 N–H and O–H groups in total. The number of hydrogen-bond donors (Lipinski definition) is 2. The Morgan fingerprint density at radius 1 is 1.47 bits per heavy atom. The topological polar surface area (TPSA) is 58.6 Å². The van der Waals surface area contributed by atoms with Crippen molar-refractivity contribution in [1.29, 1.82) is 0 Å². The van der Waals surface area contributed by atoms with Crippen LogP contribution >= 0.6 is 0 Å². The van der Waals surface area contributed by atoms with Crippen LogP contribution in [0.25, 0.3) is 0 Å². The van der Waals surface area contributed by atoms with Gasteiger partial charge in [0.05, 0.1) is 19.8 Å². The summed E-state index contributed by atoms with van der Waals surface area (Å²) < 4.78 is 5.06. The molecule has 1 aliphatic carbocycles. The van der Waals surface area contributed by atoms with Crippen molar-refractivity contribution in [3.05, 3.63) is 0 Å². The summed E-state index contributed by atoms with van der Waals surface area (Å²) in [5.74, 6) is 0.874. The predicted molar refractivity (Wildman–Crippen MR) is 57.4 cm³/mol. The summed E-state index contributed by atoms with van der Waals surface area (Å²) in [6, 6.07) is 0. The maximum absolute atomic E-state index is 11.7. The fourth-order valence-electron chi connectivity index (χ4n) is 2.08. The number of aliphatic hydroxyl groups excluding tert-OH is 1. The van der Waals surface area contributed by atoms with E-state index >= 15 is 0 Å². The number of carbonyl (C=O) groups is 1. The Kier molecular flexibility index (Phi) is 5.65. The molecule has 1 rings (SSSR count). The van der Waals surface area contributed by atoms with Gasteiger partial charge in [0.15, 0.2) is 0 Å². The number of amides is 1. The van der Waals surface area contributed by atoms with Gasteiger partial charge in [-0.25, -0.2) is 0 Å². The molecule has 0 aliphatic heterocycles. The first-order chi connectivity index (χ1) is 7.25.